The minimum Gasteiger partial charge on any atom is -0.472 e. The lowest BCUT2D eigenvalue weighted by molar-refractivity contribution is -0.140. The van der Waals surface area contributed by atoms with Gasteiger partial charge >= 0.3 is 0 Å². The number of sulfonamides is 1. The Kier molecular flexibility index (Phi) is 9.04. The van der Waals surface area contributed by atoms with Gasteiger partial charge in [-0.2, -0.15) is 0 Å². The Bertz CT molecular complexity index is 1950. The summed E-state index contributed by atoms with van der Waals surface area (Å²) in [6.45, 7) is 1.67. The second-order valence-corrected chi connectivity index (χ2v) is 16.4. The first-order valence-electron chi connectivity index (χ1n) is 17.4. The number of halogens is 1. The van der Waals surface area contributed by atoms with Crippen LogP contribution in [0.3, 0.4) is 0 Å². The van der Waals surface area contributed by atoms with Gasteiger partial charge in [0.15, 0.2) is 0 Å². The molecule has 50 heavy (non-hydrogen) atoms. The summed E-state index contributed by atoms with van der Waals surface area (Å²) in [5.74, 6) is -2.17. The molecular weight excluding hydrogens is 662 g/mol. The number of hydrogen-bond acceptors (Lipinski definition) is 8. The normalized spacial score (nSPS) is 28.0. The van der Waals surface area contributed by atoms with Crippen LogP contribution in [0.4, 0.5) is 10.1 Å². The average Bonchev–Trinajstić information content (AvgIpc) is 3.97. The highest BCUT2D eigenvalue weighted by atomic mass is 32.2. The van der Waals surface area contributed by atoms with Crippen molar-refractivity contribution in [1.82, 2.24) is 19.9 Å². The Balaban J connectivity index is 1.20. The first-order chi connectivity index (χ1) is 24.0. The molecule has 3 amide bonds. The third kappa shape index (κ3) is 6.79. The van der Waals surface area contributed by atoms with Crippen molar-refractivity contribution in [3.63, 3.8) is 0 Å². The van der Waals surface area contributed by atoms with E-state index in [4.69, 9.17) is 4.74 Å². The minimum atomic E-state index is -3.96. The first-order valence-corrected chi connectivity index (χ1v) is 18.8. The van der Waals surface area contributed by atoms with Crippen LogP contribution in [0.1, 0.15) is 64.7 Å². The minimum absolute atomic E-state index is 0.0679. The Labute approximate surface area is 291 Å². The second kappa shape index (κ2) is 13.3. The van der Waals surface area contributed by atoms with E-state index in [9.17, 15) is 27.2 Å². The van der Waals surface area contributed by atoms with Gasteiger partial charge in [-0.1, -0.05) is 49.3 Å². The largest absolute Gasteiger partial charge is 0.472 e. The topological polar surface area (TPSA) is 147 Å². The zero-order chi connectivity index (χ0) is 35.1. The Morgan fingerprint density at radius 3 is 2.70 bits per heavy atom. The molecule has 2 saturated carbocycles. The van der Waals surface area contributed by atoms with Crippen LogP contribution in [0.5, 0.6) is 5.88 Å². The predicted molar refractivity (Wildman–Crippen MR) is 186 cm³/mol. The molecule has 2 aliphatic carbocycles. The summed E-state index contributed by atoms with van der Waals surface area (Å²) in [7, 11) is -3.96. The smallest absolute Gasteiger partial charge is 0.259 e. The number of amides is 3. The number of aromatic nitrogens is 1. The van der Waals surface area contributed by atoms with Crippen molar-refractivity contribution in [2.75, 3.05) is 11.9 Å². The summed E-state index contributed by atoms with van der Waals surface area (Å²) < 4.78 is 48.0. The van der Waals surface area contributed by atoms with Crippen LogP contribution in [-0.2, 0) is 24.4 Å². The number of nitrogens with zero attached hydrogens (tertiary/aromatic N) is 2. The number of ether oxygens (including phenoxy) is 1. The van der Waals surface area contributed by atoms with E-state index in [0.29, 0.717) is 37.3 Å². The van der Waals surface area contributed by atoms with Crippen molar-refractivity contribution in [3.8, 4) is 5.88 Å². The van der Waals surface area contributed by atoms with Crippen LogP contribution < -0.4 is 20.1 Å². The van der Waals surface area contributed by atoms with Crippen molar-refractivity contribution in [1.29, 1.82) is 0 Å². The number of nitrogens with one attached hydrogen (secondary N) is 3. The molecular formula is C37H42FN5O6S. The molecule has 3 N–H and O–H groups in total. The zero-order valence-electron chi connectivity index (χ0n) is 27.9. The van der Waals surface area contributed by atoms with E-state index in [1.54, 1.807) is 25.3 Å². The van der Waals surface area contributed by atoms with Crippen molar-refractivity contribution < 1.29 is 31.9 Å². The van der Waals surface area contributed by atoms with Gasteiger partial charge in [0.05, 0.1) is 11.3 Å². The molecule has 13 heteroatoms. The number of allylic oxidation sites excluding steroid dienone is 1. The highest BCUT2D eigenvalue weighted by Gasteiger charge is 2.63. The molecule has 0 bridgehead atoms. The zero-order valence-corrected chi connectivity index (χ0v) is 28.8. The predicted octanol–water partition coefficient (Wildman–Crippen LogP) is 4.60. The highest BCUT2D eigenvalue weighted by molar-refractivity contribution is 7.91. The van der Waals surface area contributed by atoms with Gasteiger partial charge in [0.1, 0.15) is 29.5 Å². The molecule has 3 aromatic rings. The lowest BCUT2D eigenvalue weighted by Crippen LogP contribution is -2.58. The summed E-state index contributed by atoms with van der Waals surface area (Å²) in [5.41, 5.74) is -1.03. The van der Waals surface area contributed by atoms with E-state index < -0.39 is 62.0 Å². The fourth-order valence-corrected chi connectivity index (χ4v) is 8.38. The van der Waals surface area contributed by atoms with E-state index in [2.05, 4.69) is 20.3 Å². The molecule has 2 aromatic carbocycles. The monoisotopic (exact) mass is 703 g/mol. The van der Waals surface area contributed by atoms with E-state index in [1.165, 1.54) is 17.0 Å². The van der Waals surface area contributed by atoms with Crippen molar-refractivity contribution in [2.45, 2.75) is 93.2 Å². The number of anilines is 1. The molecule has 0 spiro atoms. The molecule has 0 unspecified atom stereocenters. The number of hydrogen-bond donors (Lipinski definition) is 3. The summed E-state index contributed by atoms with van der Waals surface area (Å²) in [5, 5.41) is 7.83. The molecule has 1 saturated heterocycles. The fourth-order valence-electron chi connectivity index (χ4n) is 7.07. The SMILES string of the molecule is CC1(S(=O)(=O)NC(=O)[C@@]23C[C@H]2C=CCCCCC[C@H](Nc2cccc(F)c2)C(=O)N2C[C@H](Oc4nccc5ccccc45)C[C@H]2C(=O)N3)CC1. The second-order valence-electron chi connectivity index (χ2n) is 14.2. The van der Waals surface area contributed by atoms with Gasteiger partial charge in [-0.15, -0.1) is 0 Å². The molecule has 264 valence electrons. The quantitative estimate of drug-likeness (QED) is 0.303. The number of benzene rings is 2. The van der Waals surface area contributed by atoms with Crippen LogP contribution in [-0.4, -0.2) is 71.0 Å². The molecule has 5 atom stereocenters. The van der Waals surface area contributed by atoms with Crippen LogP contribution >= 0.6 is 0 Å². The first kappa shape index (κ1) is 34.0. The third-order valence-corrected chi connectivity index (χ3v) is 12.7. The van der Waals surface area contributed by atoms with Gasteiger partial charge in [-0.05, 0) is 81.2 Å². The highest BCUT2D eigenvalue weighted by Crippen LogP contribution is 2.47. The van der Waals surface area contributed by atoms with E-state index in [0.717, 1.165) is 30.0 Å². The lowest BCUT2D eigenvalue weighted by atomic mass is 10.0. The Hall–Kier alpha value is -4.52. The van der Waals surface area contributed by atoms with Gasteiger partial charge in [-0.3, -0.25) is 19.1 Å². The molecule has 0 radical (unpaired) electrons. The van der Waals surface area contributed by atoms with Crippen molar-refractivity contribution in [3.05, 3.63) is 78.8 Å². The maximum atomic E-state index is 14.5. The molecule has 4 aliphatic rings. The van der Waals surface area contributed by atoms with Crippen molar-refractivity contribution >= 4 is 44.2 Å². The summed E-state index contributed by atoms with van der Waals surface area (Å²) in [6.07, 6.45) is 9.69. The molecule has 1 aromatic heterocycles. The third-order valence-electron chi connectivity index (χ3n) is 10.6. The lowest BCUT2D eigenvalue weighted by Gasteiger charge is -2.30. The standard InChI is InChI=1S/C37H42FN5O6S/c1-36(17-18-36)50(47,48)42-35(46)37-22-25(37)11-5-3-2-4-6-15-30(40-27-13-9-12-26(38)20-27)34(45)43-23-28(21-31(43)32(44)41-37)49-33-29-14-8-7-10-24(29)16-19-39-33/h5,7-14,16,19-20,25,28,30-31,40H,2-4,6,15,17-18,21-23H2,1H3,(H,41,44)(H,42,46)/t25-,28-,30+,31+,37-/m1/s1. The average molecular weight is 704 g/mol. The van der Waals surface area contributed by atoms with Gasteiger partial charge < -0.3 is 20.3 Å². The molecule has 11 nitrogen and oxygen atoms in total. The summed E-state index contributed by atoms with van der Waals surface area (Å²) in [6, 6.07) is 13.6. The molecule has 3 heterocycles. The van der Waals surface area contributed by atoms with Crippen LogP contribution in [0, 0.1) is 11.7 Å². The van der Waals surface area contributed by atoms with E-state index >= 15 is 0 Å². The van der Waals surface area contributed by atoms with Crippen molar-refractivity contribution in [2.24, 2.45) is 5.92 Å². The van der Waals surface area contributed by atoms with Gasteiger partial charge in [-0.25, -0.2) is 17.8 Å². The Morgan fingerprint density at radius 2 is 1.90 bits per heavy atom. The van der Waals surface area contributed by atoms with E-state index in [1.807, 2.05) is 42.5 Å². The number of carbonyl (C=O) groups is 3. The summed E-state index contributed by atoms with van der Waals surface area (Å²) >= 11 is 0. The number of rotatable bonds is 7. The van der Waals surface area contributed by atoms with Gasteiger partial charge in [0.25, 0.3) is 5.91 Å². The van der Waals surface area contributed by atoms with Crippen LogP contribution in [0.2, 0.25) is 0 Å². The Morgan fingerprint density at radius 1 is 1.08 bits per heavy atom. The van der Waals surface area contributed by atoms with Crippen LogP contribution in [0.15, 0.2) is 72.9 Å². The number of carbonyl (C=O) groups excluding carboxylic acids is 3. The summed E-state index contributed by atoms with van der Waals surface area (Å²) in [4.78, 5) is 48.5. The molecule has 3 fully saturated rings. The maximum Gasteiger partial charge on any atom is 0.259 e. The fraction of sp³-hybridized carbons (Fsp3) is 0.459. The molecule has 2 aliphatic heterocycles. The number of pyridine rings is 1. The van der Waals surface area contributed by atoms with E-state index in [-0.39, 0.29) is 25.3 Å². The number of fused-ring (bicyclic) bond motifs is 3. The maximum absolute atomic E-state index is 14.5. The van der Waals surface area contributed by atoms with Crippen LogP contribution in [0.25, 0.3) is 10.8 Å². The molecule has 7 rings (SSSR count). The van der Waals surface area contributed by atoms with Gasteiger partial charge in [0, 0.05) is 29.6 Å². The van der Waals surface area contributed by atoms with Gasteiger partial charge in [0.2, 0.25) is 27.7 Å².